The molecule has 1 N–H and O–H groups in total. The second-order valence-corrected chi connectivity index (χ2v) is 9.63. The first kappa shape index (κ1) is 26.4. The number of rotatable bonds is 5. The van der Waals surface area contributed by atoms with E-state index in [2.05, 4.69) is 57.8 Å². The molecule has 10 heteroatoms. The molecule has 2 aromatic carbocycles. The van der Waals surface area contributed by atoms with Gasteiger partial charge >= 0.3 is 0 Å². The van der Waals surface area contributed by atoms with Crippen LogP contribution in [-0.4, -0.2) is 44.6 Å². The number of carbonyl (C=O) groups is 1. The molecule has 0 bridgehead atoms. The maximum Gasteiger partial charge on any atom is 0.266 e. The number of anilines is 1. The van der Waals surface area contributed by atoms with Crippen LogP contribution in [0.4, 0.5) is 14.6 Å². The van der Waals surface area contributed by atoms with Gasteiger partial charge in [0.25, 0.3) is 11.5 Å². The minimum absolute atomic E-state index is 0.00554. The van der Waals surface area contributed by atoms with Gasteiger partial charge in [-0.2, -0.15) is 0 Å². The normalized spacial score (nSPS) is 11.1. The molecule has 38 heavy (non-hydrogen) atoms. The number of halogens is 2. The Morgan fingerprint density at radius 2 is 1.89 bits per heavy atom. The summed E-state index contributed by atoms with van der Waals surface area (Å²) in [6.45, 7) is 6.20. The summed E-state index contributed by atoms with van der Waals surface area (Å²) in [7, 11) is 1.97. The van der Waals surface area contributed by atoms with Crippen LogP contribution in [0.25, 0.3) is 10.9 Å². The second kappa shape index (κ2) is 10.8. The van der Waals surface area contributed by atoms with Gasteiger partial charge in [0.2, 0.25) is 0 Å². The fourth-order valence-electron chi connectivity index (χ4n) is 3.63. The SMILES string of the molecule is CN(c1ncnc2ccc(C#CCNC(=O)c3cncn(Cc4ccc(F)c(F)c4)c3=O)cc12)C(C)(C)C. The Bertz CT molecular complexity index is 1630. The highest BCUT2D eigenvalue weighted by atomic mass is 19.2. The second-order valence-electron chi connectivity index (χ2n) is 9.63. The molecule has 0 saturated heterocycles. The number of hydrogen-bond acceptors (Lipinski definition) is 6. The van der Waals surface area contributed by atoms with Crippen LogP contribution in [0, 0.1) is 23.5 Å². The van der Waals surface area contributed by atoms with Crippen LogP contribution in [-0.2, 0) is 6.54 Å². The molecule has 0 aliphatic heterocycles. The Balaban J connectivity index is 1.47. The number of amides is 1. The molecule has 0 fully saturated rings. The predicted molar refractivity (Wildman–Crippen MR) is 141 cm³/mol. The third-order valence-corrected chi connectivity index (χ3v) is 5.99. The van der Waals surface area contributed by atoms with Gasteiger partial charge < -0.3 is 10.2 Å². The zero-order chi connectivity index (χ0) is 27.4. The highest BCUT2D eigenvalue weighted by molar-refractivity contribution is 5.93. The lowest BCUT2D eigenvalue weighted by Gasteiger charge is -2.33. The third kappa shape index (κ3) is 5.83. The molecule has 0 radical (unpaired) electrons. The molecule has 0 atom stereocenters. The Morgan fingerprint density at radius 1 is 1.11 bits per heavy atom. The van der Waals surface area contributed by atoms with Crippen LogP contribution < -0.4 is 15.8 Å². The van der Waals surface area contributed by atoms with Crippen molar-refractivity contribution in [3.05, 3.63) is 93.9 Å². The molecule has 4 rings (SSSR count). The number of nitrogens with zero attached hydrogens (tertiary/aromatic N) is 5. The third-order valence-electron chi connectivity index (χ3n) is 5.99. The molecule has 0 spiro atoms. The van der Waals surface area contributed by atoms with E-state index in [1.54, 1.807) is 0 Å². The Morgan fingerprint density at radius 3 is 2.63 bits per heavy atom. The van der Waals surface area contributed by atoms with Gasteiger partial charge in [-0.3, -0.25) is 14.2 Å². The van der Waals surface area contributed by atoms with Crippen molar-refractivity contribution in [3.8, 4) is 11.8 Å². The van der Waals surface area contributed by atoms with Crippen molar-refractivity contribution in [1.29, 1.82) is 0 Å². The van der Waals surface area contributed by atoms with Gasteiger partial charge in [0.05, 0.1) is 24.9 Å². The number of benzene rings is 2. The Hall–Kier alpha value is -4.65. The van der Waals surface area contributed by atoms with E-state index in [0.29, 0.717) is 5.56 Å². The molecule has 0 aliphatic carbocycles. The summed E-state index contributed by atoms with van der Waals surface area (Å²) in [5.74, 6) is 4.04. The van der Waals surface area contributed by atoms with Crippen molar-refractivity contribution in [3.63, 3.8) is 0 Å². The summed E-state index contributed by atoms with van der Waals surface area (Å²) in [6, 6.07) is 8.93. The van der Waals surface area contributed by atoms with Crippen molar-refractivity contribution < 1.29 is 13.6 Å². The molecular formula is C28H26F2N6O2. The Labute approximate surface area is 218 Å². The molecule has 0 unspecified atom stereocenters. The van der Waals surface area contributed by atoms with E-state index >= 15 is 0 Å². The van der Waals surface area contributed by atoms with Gasteiger partial charge in [0.15, 0.2) is 11.6 Å². The molecule has 1 amide bonds. The largest absolute Gasteiger partial charge is 0.354 e. The van der Waals surface area contributed by atoms with Crippen LogP contribution in [0.5, 0.6) is 0 Å². The van der Waals surface area contributed by atoms with Gasteiger partial charge in [0.1, 0.15) is 17.7 Å². The lowest BCUT2D eigenvalue weighted by Crippen LogP contribution is -2.38. The molecule has 0 aliphatic rings. The van der Waals surface area contributed by atoms with Gasteiger partial charge in [-0.15, -0.1) is 0 Å². The van der Waals surface area contributed by atoms with E-state index < -0.39 is 23.1 Å². The number of aromatic nitrogens is 4. The van der Waals surface area contributed by atoms with Crippen LogP contribution in [0.3, 0.4) is 0 Å². The summed E-state index contributed by atoms with van der Waals surface area (Å²) >= 11 is 0. The average molecular weight is 517 g/mol. The monoisotopic (exact) mass is 516 g/mol. The van der Waals surface area contributed by atoms with Gasteiger partial charge in [-0.25, -0.2) is 23.7 Å². The minimum Gasteiger partial charge on any atom is -0.354 e. The standard InChI is InChI=1S/C28H26F2N6O2/c1-28(2,3)35(4)25-20-12-18(8-10-24(20)33-16-34-25)6-5-11-32-26(37)21-14-31-17-36(27(21)38)15-19-7-9-22(29)23(30)13-19/h7-10,12-14,16-17H,11,15H2,1-4H3,(H,32,37). The van der Waals surface area contributed by atoms with Crippen LogP contribution in [0.15, 0.2) is 60.0 Å². The fraction of sp³-hybridized carbons (Fsp3) is 0.250. The van der Waals surface area contributed by atoms with E-state index in [1.807, 2.05) is 25.2 Å². The quantitative estimate of drug-likeness (QED) is 0.408. The van der Waals surface area contributed by atoms with Crippen LogP contribution in [0.2, 0.25) is 0 Å². The topological polar surface area (TPSA) is 93.0 Å². The van der Waals surface area contributed by atoms with E-state index in [-0.39, 0.29) is 24.2 Å². The maximum absolute atomic E-state index is 13.5. The lowest BCUT2D eigenvalue weighted by molar-refractivity contribution is 0.0956. The van der Waals surface area contributed by atoms with Gasteiger partial charge in [0, 0.05) is 29.7 Å². The smallest absolute Gasteiger partial charge is 0.266 e. The van der Waals surface area contributed by atoms with E-state index in [9.17, 15) is 18.4 Å². The molecule has 4 aromatic rings. The first-order valence-electron chi connectivity index (χ1n) is 11.8. The highest BCUT2D eigenvalue weighted by Crippen LogP contribution is 2.27. The van der Waals surface area contributed by atoms with Crippen molar-refractivity contribution >= 4 is 22.6 Å². The molecular weight excluding hydrogens is 490 g/mol. The minimum atomic E-state index is -1.02. The average Bonchev–Trinajstić information content (AvgIpc) is 2.88. The van der Waals surface area contributed by atoms with Crippen molar-refractivity contribution in [2.75, 3.05) is 18.5 Å². The van der Waals surface area contributed by atoms with Crippen molar-refractivity contribution in [2.45, 2.75) is 32.9 Å². The summed E-state index contributed by atoms with van der Waals surface area (Å²) < 4.78 is 27.8. The summed E-state index contributed by atoms with van der Waals surface area (Å²) in [6.07, 6.45) is 3.92. The van der Waals surface area contributed by atoms with Gasteiger partial charge in [-0.1, -0.05) is 17.9 Å². The zero-order valence-electron chi connectivity index (χ0n) is 21.4. The number of nitrogens with one attached hydrogen (secondary N) is 1. The number of carbonyl (C=O) groups excluding carboxylic acids is 1. The van der Waals surface area contributed by atoms with Gasteiger partial charge in [-0.05, 0) is 56.7 Å². The van der Waals surface area contributed by atoms with Crippen molar-refractivity contribution in [2.24, 2.45) is 0 Å². The van der Waals surface area contributed by atoms with Crippen molar-refractivity contribution in [1.82, 2.24) is 24.8 Å². The Kier molecular flexibility index (Phi) is 7.48. The highest BCUT2D eigenvalue weighted by Gasteiger charge is 2.20. The first-order valence-corrected chi connectivity index (χ1v) is 11.8. The number of hydrogen-bond donors (Lipinski definition) is 1. The first-order chi connectivity index (χ1) is 18.0. The van der Waals surface area contributed by atoms with Crippen LogP contribution >= 0.6 is 0 Å². The number of fused-ring (bicyclic) bond motifs is 1. The predicted octanol–water partition coefficient (Wildman–Crippen LogP) is 3.53. The molecule has 2 aromatic heterocycles. The molecule has 2 heterocycles. The summed E-state index contributed by atoms with van der Waals surface area (Å²) in [4.78, 5) is 40.1. The maximum atomic E-state index is 13.5. The zero-order valence-corrected chi connectivity index (χ0v) is 21.4. The molecule has 0 saturated carbocycles. The molecule has 8 nitrogen and oxygen atoms in total. The molecule has 194 valence electrons. The summed E-state index contributed by atoms with van der Waals surface area (Å²) in [5, 5.41) is 3.45. The van der Waals surface area contributed by atoms with E-state index in [4.69, 9.17) is 0 Å². The van der Waals surface area contributed by atoms with Crippen LogP contribution in [0.1, 0.15) is 42.3 Å². The fourth-order valence-corrected chi connectivity index (χ4v) is 3.63. The lowest BCUT2D eigenvalue weighted by atomic mass is 10.1. The summed E-state index contributed by atoms with van der Waals surface area (Å²) in [5.41, 5.74) is 0.929. The van der Waals surface area contributed by atoms with E-state index in [1.165, 1.54) is 18.7 Å². The van der Waals surface area contributed by atoms with E-state index in [0.717, 1.165) is 45.2 Å².